The van der Waals surface area contributed by atoms with Gasteiger partial charge in [-0.2, -0.15) is 0 Å². The van der Waals surface area contributed by atoms with Crippen LogP contribution in [0.2, 0.25) is 0 Å². The van der Waals surface area contributed by atoms with E-state index in [-0.39, 0.29) is 0 Å². The van der Waals surface area contributed by atoms with Crippen molar-refractivity contribution in [2.75, 3.05) is 19.7 Å². The van der Waals surface area contributed by atoms with Gasteiger partial charge in [0.25, 0.3) is 0 Å². The van der Waals surface area contributed by atoms with Crippen molar-refractivity contribution in [3.05, 3.63) is 35.9 Å². The first-order chi connectivity index (χ1) is 8.20. The number of aliphatic hydroxyl groups is 1. The molecule has 2 N–H and O–H groups in total. The molecule has 0 bridgehead atoms. The Morgan fingerprint density at radius 1 is 1.24 bits per heavy atom. The second kappa shape index (κ2) is 8.23. The lowest BCUT2D eigenvalue weighted by Crippen LogP contribution is -2.23. The first kappa shape index (κ1) is 14.2. The molecule has 0 spiro atoms. The van der Waals surface area contributed by atoms with Crippen LogP contribution in [0.25, 0.3) is 0 Å². The van der Waals surface area contributed by atoms with E-state index in [4.69, 9.17) is 4.74 Å². The quantitative estimate of drug-likeness (QED) is 0.681. The van der Waals surface area contributed by atoms with Crippen molar-refractivity contribution in [2.45, 2.75) is 32.5 Å². The minimum absolute atomic E-state index is 0.296. The first-order valence-electron chi connectivity index (χ1n) is 6.25. The number of ether oxygens (including phenoxy) is 1. The highest BCUT2D eigenvalue weighted by Gasteiger charge is 2.05. The SMILES string of the molecule is CC(C)OCCCNCC(O)c1ccccc1. The van der Waals surface area contributed by atoms with Crippen LogP contribution in [0.15, 0.2) is 30.3 Å². The molecule has 0 aromatic heterocycles. The van der Waals surface area contributed by atoms with E-state index in [1.807, 2.05) is 44.2 Å². The third kappa shape index (κ3) is 6.41. The van der Waals surface area contributed by atoms with Crippen molar-refractivity contribution in [3.8, 4) is 0 Å². The molecule has 0 aliphatic rings. The number of hydrogen-bond acceptors (Lipinski definition) is 3. The van der Waals surface area contributed by atoms with Crippen LogP contribution in [0.5, 0.6) is 0 Å². The van der Waals surface area contributed by atoms with Crippen molar-refractivity contribution in [3.63, 3.8) is 0 Å². The Morgan fingerprint density at radius 3 is 2.59 bits per heavy atom. The molecule has 0 aliphatic heterocycles. The average Bonchev–Trinajstić information content (AvgIpc) is 2.34. The molecule has 1 aromatic rings. The van der Waals surface area contributed by atoms with Crippen molar-refractivity contribution in [2.24, 2.45) is 0 Å². The number of nitrogens with one attached hydrogen (secondary N) is 1. The van der Waals surface area contributed by atoms with Gasteiger partial charge in [0.1, 0.15) is 0 Å². The highest BCUT2D eigenvalue weighted by Crippen LogP contribution is 2.10. The molecule has 0 saturated heterocycles. The minimum Gasteiger partial charge on any atom is -0.387 e. The van der Waals surface area contributed by atoms with E-state index < -0.39 is 6.10 Å². The van der Waals surface area contributed by atoms with Gasteiger partial charge in [-0.15, -0.1) is 0 Å². The highest BCUT2D eigenvalue weighted by atomic mass is 16.5. The summed E-state index contributed by atoms with van der Waals surface area (Å²) in [6, 6.07) is 9.71. The van der Waals surface area contributed by atoms with Crippen LogP contribution in [0.4, 0.5) is 0 Å². The van der Waals surface area contributed by atoms with Crippen molar-refractivity contribution >= 4 is 0 Å². The molecule has 1 atom stereocenters. The fraction of sp³-hybridized carbons (Fsp3) is 0.571. The van der Waals surface area contributed by atoms with Gasteiger partial charge < -0.3 is 15.2 Å². The monoisotopic (exact) mass is 237 g/mol. The van der Waals surface area contributed by atoms with Gasteiger partial charge in [0.2, 0.25) is 0 Å². The van der Waals surface area contributed by atoms with Gasteiger partial charge in [-0.3, -0.25) is 0 Å². The van der Waals surface area contributed by atoms with E-state index in [0.717, 1.165) is 25.1 Å². The van der Waals surface area contributed by atoms with E-state index in [2.05, 4.69) is 5.32 Å². The molecule has 0 fully saturated rings. The van der Waals surface area contributed by atoms with Crippen LogP contribution in [-0.4, -0.2) is 30.9 Å². The van der Waals surface area contributed by atoms with E-state index in [9.17, 15) is 5.11 Å². The Bertz CT molecular complexity index is 288. The molecular formula is C14H23NO2. The van der Waals surface area contributed by atoms with Gasteiger partial charge in [0.05, 0.1) is 12.2 Å². The predicted molar refractivity (Wildman–Crippen MR) is 70.0 cm³/mol. The largest absolute Gasteiger partial charge is 0.387 e. The maximum atomic E-state index is 9.87. The maximum Gasteiger partial charge on any atom is 0.0914 e. The lowest BCUT2D eigenvalue weighted by atomic mass is 10.1. The minimum atomic E-state index is -0.429. The molecule has 1 rings (SSSR count). The Kier molecular flexibility index (Phi) is 6.86. The summed E-state index contributed by atoms with van der Waals surface area (Å²) in [5, 5.41) is 13.1. The zero-order chi connectivity index (χ0) is 12.5. The summed E-state index contributed by atoms with van der Waals surface area (Å²) >= 11 is 0. The molecule has 96 valence electrons. The Hall–Kier alpha value is -0.900. The van der Waals surface area contributed by atoms with Gasteiger partial charge in [0.15, 0.2) is 0 Å². The van der Waals surface area contributed by atoms with E-state index in [0.29, 0.717) is 12.6 Å². The van der Waals surface area contributed by atoms with Crippen LogP contribution < -0.4 is 5.32 Å². The molecule has 3 nitrogen and oxygen atoms in total. The second-order valence-corrected chi connectivity index (χ2v) is 4.40. The maximum absolute atomic E-state index is 9.87. The standard InChI is InChI=1S/C14H23NO2/c1-12(2)17-10-6-9-15-11-14(16)13-7-4-3-5-8-13/h3-5,7-8,12,14-16H,6,9-11H2,1-2H3. The summed E-state index contributed by atoms with van der Waals surface area (Å²) in [7, 11) is 0. The van der Waals surface area contributed by atoms with E-state index in [1.54, 1.807) is 0 Å². The molecule has 1 aromatic carbocycles. The van der Waals surface area contributed by atoms with Gasteiger partial charge in [-0.25, -0.2) is 0 Å². The van der Waals surface area contributed by atoms with E-state index in [1.165, 1.54) is 0 Å². The number of aliphatic hydroxyl groups excluding tert-OH is 1. The second-order valence-electron chi connectivity index (χ2n) is 4.40. The van der Waals surface area contributed by atoms with Crippen molar-refractivity contribution in [1.82, 2.24) is 5.32 Å². The highest BCUT2D eigenvalue weighted by molar-refractivity contribution is 5.17. The Balaban J connectivity index is 2.07. The topological polar surface area (TPSA) is 41.5 Å². The molecule has 0 amide bonds. The molecule has 0 aliphatic carbocycles. The zero-order valence-electron chi connectivity index (χ0n) is 10.7. The average molecular weight is 237 g/mol. The predicted octanol–water partition coefficient (Wildman–Crippen LogP) is 2.12. The summed E-state index contributed by atoms with van der Waals surface area (Å²) in [6.07, 6.45) is 0.840. The zero-order valence-corrected chi connectivity index (χ0v) is 10.7. The summed E-state index contributed by atoms with van der Waals surface area (Å²) in [5.41, 5.74) is 0.957. The molecule has 3 heteroatoms. The smallest absolute Gasteiger partial charge is 0.0914 e. The van der Waals surface area contributed by atoms with Gasteiger partial charge in [0, 0.05) is 13.2 Å². The number of rotatable bonds is 8. The summed E-state index contributed by atoms with van der Waals surface area (Å²) in [4.78, 5) is 0. The van der Waals surface area contributed by atoms with Crippen LogP contribution in [0.1, 0.15) is 31.9 Å². The van der Waals surface area contributed by atoms with Crippen LogP contribution in [-0.2, 0) is 4.74 Å². The Labute approximate surface area is 104 Å². The lowest BCUT2D eigenvalue weighted by Gasteiger charge is -2.12. The Morgan fingerprint density at radius 2 is 1.94 bits per heavy atom. The van der Waals surface area contributed by atoms with Crippen LogP contribution in [0.3, 0.4) is 0 Å². The normalized spacial score (nSPS) is 12.9. The summed E-state index contributed by atoms with van der Waals surface area (Å²) < 4.78 is 5.43. The fourth-order valence-corrected chi connectivity index (χ4v) is 1.55. The van der Waals surface area contributed by atoms with Gasteiger partial charge in [-0.05, 0) is 32.4 Å². The number of hydrogen-bond donors (Lipinski definition) is 2. The van der Waals surface area contributed by atoms with Gasteiger partial charge >= 0.3 is 0 Å². The van der Waals surface area contributed by atoms with E-state index >= 15 is 0 Å². The van der Waals surface area contributed by atoms with Crippen LogP contribution >= 0.6 is 0 Å². The molecule has 0 saturated carbocycles. The molecule has 0 radical (unpaired) electrons. The molecule has 0 heterocycles. The fourth-order valence-electron chi connectivity index (χ4n) is 1.55. The van der Waals surface area contributed by atoms with Crippen LogP contribution in [0, 0.1) is 0 Å². The summed E-state index contributed by atoms with van der Waals surface area (Å²) in [5.74, 6) is 0. The summed E-state index contributed by atoms with van der Waals surface area (Å²) in [6.45, 7) is 6.30. The first-order valence-corrected chi connectivity index (χ1v) is 6.25. The van der Waals surface area contributed by atoms with Crippen molar-refractivity contribution < 1.29 is 9.84 Å². The lowest BCUT2D eigenvalue weighted by molar-refractivity contribution is 0.0763. The number of benzene rings is 1. The van der Waals surface area contributed by atoms with Crippen molar-refractivity contribution in [1.29, 1.82) is 0 Å². The molecular weight excluding hydrogens is 214 g/mol. The van der Waals surface area contributed by atoms with Gasteiger partial charge in [-0.1, -0.05) is 30.3 Å². The molecule has 17 heavy (non-hydrogen) atoms. The molecule has 1 unspecified atom stereocenters. The third-order valence-corrected chi connectivity index (χ3v) is 2.47. The third-order valence-electron chi connectivity index (χ3n) is 2.47.